The van der Waals surface area contributed by atoms with Gasteiger partial charge in [0, 0.05) is 37.6 Å². The second-order valence-corrected chi connectivity index (χ2v) is 6.57. The maximum atomic E-state index is 12.2. The van der Waals surface area contributed by atoms with E-state index in [-0.39, 0.29) is 11.6 Å². The second-order valence-electron chi connectivity index (χ2n) is 6.57. The third-order valence-electron chi connectivity index (χ3n) is 5.17. The van der Waals surface area contributed by atoms with E-state index in [1.807, 2.05) is 0 Å². The van der Waals surface area contributed by atoms with Gasteiger partial charge in [0.2, 0.25) is 5.91 Å². The van der Waals surface area contributed by atoms with Crippen LogP contribution < -0.4 is 5.32 Å². The lowest BCUT2D eigenvalue weighted by Gasteiger charge is -2.11. The van der Waals surface area contributed by atoms with Crippen LogP contribution in [-0.4, -0.2) is 17.6 Å². The Kier molecular flexibility index (Phi) is 3.04. The van der Waals surface area contributed by atoms with E-state index in [0.717, 1.165) is 12.8 Å². The fraction of sp³-hybridized carbons (Fsp3) is 0.500. The van der Waals surface area contributed by atoms with Gasteiger partial charge in [-0.2, -0.15) is 10.2 Å². The zero-order chi connectivity index (χ0) is 15.2. The van der Waals surface area contributed by atoms with Crippen molar-refractivity contribution in [3.8, 4) is 12.3 Å². The number of amides is 1. The summed E-state index contributed by atoms with van der Waals surface area (Å²) in [6, 6.07) is 8.91. The number of hydrogen-bond donors (Lipinski definition) is 1. The Morgan fingerprint density at radius 2 is 2.18 bits per heavy atom. The maximum Gasteiger partial charge on any atom is 0.220 e. The van der Waals surface area contributed by atoms with Crippen LogP contribution in [0.1, 0.15) is 42.7 Å². The Bertz CT molecular complexity index is 682. The first-order valence-electron chi connectivity index (χ1n) is 7.97. The fourth-order valence-electron chi connectivity index (χ4n) is 3.79. The summed E-state index contributed by atoms with van der Waals surface area (Å²) in [7, 11) is 0. The molecule has 1 N–H and O–H groups in total. The minimum atomic E-state index is -0.351. The molecule has 1 aromatic rings. The monoisotopic (exact) mass is 293 g/mol. The van der Waals surface area contributed by atoms with Crippen molar-refractivity contribution in [2.75, 3.05) is 0 Å². The highest BCUT2D eigenvalue weighted by atomic mass is 16.1. The van der Waals surface area contributed by atoms with Crippen molar-refractivity contribution < 1.29 is 4.79 Å². The molecule has 1 aliphatic heterocycles. The first-order valence-corrected chi connectivity index (χ1v) is 7.97. The number of terminal acetylenes is 1. The van der Waals surface area contributed by atoms with Crippen LogP contribution in [0, 0.1) is 18.3 Å². The number of fused-ring (bicyclic) bond motifs is 3. The van der Waals surface area contributed by atoms with Gasteiger partial charge in [-0.1, -0.05) is 24.3 Å². The summed E-state index contributed by atoms with van der Waals surface area (Å²) >= 11 is 0. The highest BCUT2D eigenvalue weighted by Gasteiger charge is 2.56. The van der Waals surface area contributed by atoms with E-state index < -0.39 is 0 Å². The van der Waals surface area contributed by atoms with Crippen LogP contribution in [-0.2, 0) is 11.2 Å². The number of rotatable bonds is 6. The van der Waals surface area contributed by atoms with Gasteiger partial charge in [0.25, 0.3) is 0 Å². The van der Waals surface area contributed by atoms with Gasteiger partial charge in [0.1, 0.15) is 0 Å². The average molecular weight is 293 g/mol. The molecule has 3 atom stereocenters. The summed E-state index contributed by atoms with van der Waals surface area (Å²) in [5.41, 5.74) is 2.53. The molecule has 4 nitrogen and oxygen atoms in total. The third kappa shape index (κ3) is 2.31. The molecule has 3 aliphatic rings. The smallest absolute Gasteiger partial charge is 0.220 e. The molecular formula is C18H19N3O. The quantitative estimate of drug-likeness (QED) is 0.806. The van der Waals surface area contributed by atoms with Crippen LogP contribution >= 0.6 is 0 Å². The summed E-state index contributed by atoms with van der Waals surface area (Å²) in [6.07, 6.45) is 8.96. The first kappa shape index (κ1) is 13.5. The van der Waals surface area contributed by atoms with E-state index in [9.17, 15) is 4.79 Å². The predicted molar refractivity (Wildman–Crippen MR) is 83.2 cm³/mol. The fourth-order valence-corrected chi connectivity index (χ4v) is 3.79. The Hall–Kier alpha value is -2.15. The zero-order valence-electron chi connectivity index (χ0n) is 12.5. The molecule has 0 spiro atoms. The minimum Gasteiger partial charge on any atom is -0.352 e. The topological polar surface area (TPSA) is 53.8 Å². The van der Waals surface area contributed by atoms with Crippen LogP contribution in [0.3, 0.4) is 0 Å². The molecule has 1 amide bonds. The number of hydrogen-bond acceptors (Lipinski definition) is 3. The summed E-state index contributed by atoms with van der Waals surface area (Å²) in [4.78, 5) is 12.2. The second kappa shape index (κ2) is 4.95. The molecule has 4 heteroatoms. The van der Waals surface area contributed by atoms with E-state index in [1.54, 1.807) is 0 Å². The average Bonchev–Trinajstić information content (AvgIpc) is 3.40. The Labute approximate surface area is 130 Å². The first-order chi connectivity index (χ1) is 10.7. The highest BCUT2D eigenvalue weighted by molar-refractivity contribution is 5.77. The standard InChI is InChI=1S/C18H19N3O/c1-2-3-9-18(20-21-18)10-8-15(22)19-17-14-11-12-6-4-5-7-13(12)16(14)17/h1,4-7,14,16-17H,3,8-11H2,(H,19,22). The number of benzene rings is 1. The Morgan fingerprint density at radius 3 is 2.95 bits per heavy atom. The molecule has 22 heavy (non-hydrogen) atoms. The van der Waals surface area contributed by atoms with Crippen LogP contribution in [0.25, 0.3) is 0 Å². The summed E-state index contributed by atoms with van der Waals surface area (Å²) in [5, 5.41) is 11.3. The largest absolute Gasteiger partial charge is 0.352 e. The van der Waals surface area contributed by atoms with Gasteiger partial charge in [0.05, 0.1) is 0 Å². The van der Waals surface area contributed by atoms with Gasteiger partial charge < -0.3 is 5.32 Å². The van der Waals surface area contributed by atoms with Crippen LogP contribution in [0.15, 0.2) is 34.5 Å². The van der Waals surface area contributed by atoms with Crippen molar-refractivity contribution in [2.45, 2.75) is 49.7 Å². The van der Waals surface area contributed by atoms with Crippen molar-refractivity contribution in [2.24, 2.45) is 16.1 Å². The van der Waals surface area contributed by atoms with Gasteiger partial charge in [-0.3, -0.25) is 4.79 Å². The third-order valence-corrected chi connectivity index (χ3v) is 5.17. The molecule has 1 fully saturated rings. The molecule has 4 rings (SSSR count). The molecule has 1 aromatic carbocycles. The molecule has 112 valence electrons. The van der Waals surface area contributed by atoms with E-state index in [4.69, 9.17) is 6.42 Å². The number of nitrogens with one attached hydrogen (secondary N) is 1. The van der Waals surface area contributed by atoms with Crippen LogP contribution in [0.5, 0.6) is 0 Å². The lowest BCUT2D eigenvalue weighted by molar-refractivity contribution is -0.121. The van der Waals surface area contributed by atoms with E-state index in [0.29, 0.717) is 37.1 Å². The van der Waals surface area contributed by atoms with Gasteiger partial charge in [-0.05, 0) is 23.5 Å². The van der Waals surface area contributed by atoms with Crippen LogP contribution in [0.2, 0.25) is 0 Å². The summed E-state index contributed by atoms with van der Waals surface area (Å²) < 4.78 is 0. The zero-order valence-corrected chi connectivity index (χ0v) is 12.5. The van der Waals surface area contributed by atoms with Gasteiger partial charge >= 0.3 is 0 Å². The number of nitrogens with zero attached hydrogens (tertiary/aromatic N) is 2. The summed E-state index contributed by atoms with van der Waals surface area (Å²) in [6.45, 7) is 0. The summed E-state index contributed by atoms with van der Waals surface area (Å²) in [5.74, 6) is 3.87. The molecular weight excluding hydrogens is 274 g/mol. The molecule has 2 aliphatic carbocycles. The normalized spacial score (nSPS) is 28.4. The molecule has 0 aromatic heterocycles. The Morgan fingerprint density at radius 1 is 1.36 bits per heavy atom. The number of carbonyl (C=O) groups is 1. The van der Waals surface area contributed by atoms with E-state index in [2.05, 4.69) is 45.7 Å². The molecule has 0 saturated heterocycles. The predicted octanol–water partition coefficient (Wildman–Crippen LogP) is 2.80. The molecule has 3 unspecified atom stereocenters. The lowest BCUT2D eigenvalue weighted by Crippen LogP contribution is -2.29. The molecule has 0 radical (unpaired) electrons. The van der Waals surface area contributed by atoms with Crippen molar-refractivity contribution in [3.63, 3.8) is 0 Å². The van der Waals surface area contributed by atoms with E-state index in [1.165, 1.54) is 11.1 Å². The molecule has 1 saturated carbocycles. The van der Waals surface area contributed by atoms with Crippen molar-refractivity contribution in [1.29, 1.82) is 0 Å². The Balaban J connectivity index is 1.26. The maximum absolute atomic E-state index is 12.2. The SMILES string of the molecule is C#CCCC1(CCC(=O)NC2C3Cc4ccccc4C32)N=N1. The molecule has 0 bridgehead atoms. The lowest BCUT2D eigenvalue weighted by atomic mass is 10.0. The molecule has 1 heterocycles. The van der Waals surface area contributed by atoms with Gasteiger partial charge in [-0.15, -0.1) is 12.3 Å². The minimum absolute atomic E-state index is 0.120. The highest BCUT2D eigenvalue weighted by Crippen LogP contribution is 2.56. The van der Waals surface area contributed by atoms with Gasteiger partial charge in [-0.25, -0.2) is 0 Å². The van der Waals surface area contributed by atoms with Crippen molar-refractivity contribution >= 4 is 5.91 Å². The number of carbonyl (C=O) groups excluding carboxylic acids is 1. The van der Waals surface area contributed by atoms with Gasteiger partial charge in [0.15, 0.2) is 5.66 Å². The van der Waals surface area contributed by atoms with Crippen LogP contribution in [0.4, 0.5) is 0 Å². The van der Waals surface area contributed by atoms with Crippen molar-refractivity contribution in [3.05, 3.63) is 35.4 Å². The van der Waals surface area contributed by atoms with Crippen molar-refractivity contribution in [1.82, 2.24) is 5.32 Å². The van der Waals surface area contributed by atoms with E-state index >= 15 is 0 Å².